The molecule has 0 aliphatic carbocycles. The molecule has 7 heteroatoms. The van der Waals surface area contributed by atoms with E-state index in [-0.39, 0.29) is 17.4 Å². The van der Waals surface area contributed by atoms with Crippen LogP contribution in [0.15, 0.2) is 46.0 Å². The van der Waals surface area contributed by atoms with Crippen molar-refractivity contribution in [1.82, 2.24) is 9.55 Å². The van der Waals surface area contributed by atoms with E-state index in [0.29, 0.717) is 11.3 Å². The van der Waals surface area contributed by atoms with Crippen molar-refractivity contribution in [3.8, 4) is 5.75 Å². The third-order valence-corrected chi connectivity index (χ3v) is 3.52. The maximum Gasteiger partial charge on any atom is 0.329 e. The molecule has 118 valence electrons. The quantitative estimate of drug-likeness (QED) is 0.803. The topological polar surface area (TPSA) is 64.1 Å². The van der Waals surface area contributed by atoms with Crippen LogP contribution in [0.3, 0.4) is 0 Å². The fourth-order valence-corrected chi connectivity index (χ4v) is 2.30. The lowest BCUT2D eigenvalue weighted by atomic mass is 10.2. The molecular formula is C16H12F2N2O3. The van der Waals surface area contributed by atoms with Crippen molar-refractivity contribution in [2.45, 2.75) is 6.54 Å². The molecule has 1 aromatic heterocycles. The lowest BCUT2D eigenvalue weighted by Crippen LogP contribution is -2.35. The van der Waals surface area contributed by atoms with Crippen molar-refractivity contribution in [1.29, 1.82) is 0 Å². The molecule has 0 fully saturated rings. The maximum absolute atomic E-state index is 13.3. The van der Waals surface area contributed by atoms with E-state index in [1.54, 1.807) is 24.3 Å². The lowest BCUT2D eigenvalue weighted by molar-refractivity contribution is 0.414. The fraction of sp³-hybridized carbons (Fsp3) is 0.125. The normalized spacial score (nSPS) is 10.9. The van der Waals surface area contributed by atoms with E-state index >= 15 is 0 Å². The minimum Gasteiger partial charge on any atom is -0.497 e. The van der Waals surface area contributed by atoms with Crippen LogP contribution in [0.5, 0.6) is 5.75 Å². The Hall–Kier alpha value is -2.96. The number of halogens is 2. The van der Waals surface area contributed by atoms with Crippen LogP contribution in [0, 0.1) is 11.6 Å². The van der Waals surface area contributed by atoms with Crippen molar-refractivity contribution in [2.75, 3.05) is 7.11 Å². The smallest absolute Gasteiger partial charge is 0.329 e. The molecule has 0 saturated carbocycles. The van der Waals surface area contributed by atoms with E-state index < -0.39 is 22.9 Å². The van der Waals surface area contributed by atoms with Crippen LogP contribution in [0.2, 0.25) is 0 Å². The number of nitrogens with zero attached hydrogens (tertiary/aromatic N) is 1. The van der Waals surface area contributed by atoms with Gasteiger partial charge in [-0.25, -0.2) is 13.6 Å². The molecule has 0 amide bonds. The molecule has 0 unspecified atom stereocenters. The number of benzene rings is 2. The SMILES string of the molecule is COc1ccc(Cn2c(=O)[nH]c3cc(F)c(F)cc3c2=O)cc1. The Morgan fingerprint density at radius 3 is 2.39 bits per heavy atom. The second kappa shape index (κ2) is 5.68. The molecular weight excluding hydrogens is 306 g/mol. The molecule has 2 aromatic carbocycles. The van der Waals surface area contributed by atoms with Gasteiger partial charge in [0.15, 0.2) is 11.6 Å². The van der Waals surface area contributed by atoms with Gasteiger partial charge in [-0.15, -0.1) is 0 Å². The van der Waals surface area contributed by atoms with Crippen molar-refractivity contribution in [3.63, 3.8) is 0 Å². The zero-order valence-corrected chi connectivity index (χ0v) is 12.1. The number of aromatic amines is 1. The van der Waals surface area contributed by atoms with Crippen LogP contribution < -0.4 is 16.0 Å². The minimum atomic E-state index is -1.14. The van der Waals surface area contributed by atoms with E-state index in [0.717, 1.165) is 16.7 Å². The Kier molecular flexibility index (Phi) is 3.69. The average Bonchev–Trinajstić information content (AvgIpc) is 2.54. The number of rotatable bonds is 3. The Balaban J connectivity index is 2.11. The first-order chi connectivity index (χ1) is 11.0. The van der Waals surface area contributed by atoms with Gasteiger partial charge in [0.1, 0.15) is 5.75 Å². The zero-order chi connectivity index (χ0) is 16.6. The average molecular weight is 318 g/mol. The first-order valence-corrected chi connectivity index (χ1v) is 6.74. The van der Waals surface area contributed by atoms with Crippen LogP contribution >= 0.6 is 0 Å². The monoisotopic (exact) mass is 318 g/mol. The van der Waals surface area contributed by atoms with Gasteiger partial charge in [0.05, 0.1) is 24.6 Å². The highest BCUT2D eigenvalue weighted by Gasteiger charge is 2.12. The van der Waals surface area contributed by atoms with Gasteiger partial charge < -0.3 is 9.72 Å². The molecule has 0 aliphatic rings. The van der Waals surface area contributed by atoms with Crippen LogP contribution in [-0.4, -0.2) is 16.7 Å². The maximum atomic E-state index is 13.3. The zero-order valence-electron chi connectivity index (χ0n) is 12.1. The molecule has 3 aromatic rings. The van der Waals surface area contributed by atoms with Crippen molar-refractivity contribution >= 4 is 10.9 Å². The molecule has 0 aliphatic heterocycles. The van der Waals surface area contributed by atoms with Gasteiger partial charge in [0.25, 0.3) is 5.56 Å². The first-order valence-electron chi connectivity index (χ1n) is 6.74. The molecule has 0 radical (unpaired) electrons. The molecule has 0 bridgehead atoms. The van der Waals surface area contributed by atoms with E-state index in [4.69, 9.17) is 4.74 Å². The fourth-order valence-electron chi connectivity index (χ4n) is 2.30. The van der Waals surface area contributed by atoms with E-state index in [1.807, 2.05) is 0 Å². The summed E-state index contributed by atoms with van der Waals surface area (Å²) in [5.41, 5.74) is -0.715. The summed E-state index contributed by atoms with van der Waals surface area (Å²) in [6.45, 7) is 0.00704. The number of fused-ring (bicyclic) bond motifs is 1. The predicted octanol–water partition coefficient (Wildman–Crippen LogP) is 2.02. The Bertz CT molecular complexity index is 991. The van der Waals surface area contributed by atoms with Crippen molar-refractivity contribution < 1.29 is 13.5 Å². The van der Waals surface area contributed by atoms with Gasteiger partial charge in [-0.2, -0.15) is 0 Å². The van der Waals surface area contributed by atoms with Gasteiger partial charge >= 0.3 is 5.69 Å². The molecule has 5 nitrogen and oxygen atoms in total. The molecule has 0 atom stereocenters. The molecule has 0 saturated heterocycles. The Morgan fingerprint density at radius 2 is 1.74 bits per heavy atom. The number of ether oxygens (including phenoxy) is 1. The Morgan fingerprint density at radius 1 is 1.09 bits per heavy atom. The van der Waals surface area contributed by atoms with Crippen LogP contribution in [0.4, 0.5) is 8.78 Å². The van der Waals surface area contributed by atoms with E-state index in [1.165, 1.54) is 7.11 Å². The summed E-state index contributed by atoms with van der Waals surface area (Å²) in [5.74, 6) is -1.62. The summed E-state index contributed by atoms with van der Waals surface area (Å²) < 4.78 is 32.5. The van der Waals surface area contributed by atoms with Gasteiger partial charge in [0, 0.05) is 6.07 Å². The van der Waals surface area contributed by atoms with Gasteiger partial charge in [0.2, 0.25) is 0 Å². The van der Waals surface area contributed by atoms with Gasteiger partial charge in [-0.3, -0.25) is 9.36 Å². The molecule has 23 heavy (non-hydrogen) atoms. The minimum absolute atomic E-state index is 0.00704. The summed E-state index contributed by atoms with van der Waals surface area (Å²) in [5, 5.41) is -0.0861. The first kappa shape index (κ1) is 15.0. The second-order valence-corrected chi connectivity index (χ2v) is 4.98. The summed E-state index contributed by atoms with van der Waals surface area (Å²) in [4.78, 5) is 26.8. The highest BCUT2D eigenvalue weighted by Crippen LogP contribution is 2.14. The third-order valence-electron chi connectivity index (χ3n) is 3.52. The van der Waals surface area contributed by atoms with Gasteiger partial charge in [-0.05, 0) is 23.8 Å². The van der Waals surface area contributed by atoms with Crippen LogP contribution in [-0.2, 0) is 6.54 Å². The number of methoxy groups -OCH3 is 1. The molecule has 1 N–H and O–H groups in total. The highest BCUT2D eigenvalue weighted by atomic mass is 19.2. The summed E-state index contributed by atoms with van der Waals surface area (Å²) in [6, 6.07) is 8.40. The predicted molar refractivity (Wildman–Crippen MR) is 80.8 cm³/mol. The molecule has 1 heterocycles. The second-order valence-electron chi connectivity index (χ2n) is 4.98. The van der Waals surface area contributed by atoms with E-state index in [2.05, 4.69) is 4.98 Å². The Labute approximate surface area is 128 Å². The molecule has 3 rings (SSSR count). The lowest BCUT2D eigenvalue weighted by Gasteiger charge is -2.08. The van der Waals surface area contributed by atoms with Gasteiger partial charge in [-0.1, -0.05) is 12.1 Å². The summed E-state index contributed by atoms with van der Waals surface area (Å²) >= 11 is 0. The number of H-pyrrole nitrogens is 1. The number of hydrogen-bond acceptors (Lipinski definition) is 3. The summed E-state index contributed by atoms with van der Waals surface area (Å²) in [6.07, 6.45) is 0. The number of hydrogen-bond donors (Lipinski definition) is 1. The van der Waals surface area contributed by atoms with E-state index in [9.17, 15) is 18.4 Å². The van der Waals surface area contributed by atoms with Crippen LogP contribution in [0.1, 0.15) is 5.56 Å². The van der Waals surface area contributed by atoms with Crippen LogP contribution in [0.25, 0.3) is 10.9 Å². The number of nitrogens with one attached hydrogen (secondary N) is 1. The standard InChI is InChI=1S/C16H12F2N2O3/c1-23-10-4-2-9(3-5-10)8-20-15(21)11-6-12(17)13(18)7-14(11)19-16(20)22/h2-7H,8H2,1H3,(H,19,22). The molecule has 0 spiro atoms. The largest absolute Gasteiger partial charge is 0.497 e. The summed E-state index contributed by atoms with van der Waals surface area (Å²) in [7, 11) is 1.53. The van der Waals surface area contributed by atoms with Crippen molar-refractivity contribution in [2.24, 2.45) is 0 Å². The number of aromatic nitrogens is 2. The third kappa shape index (κ3) is 2.73. The highest BCUT2D eigenvalue weighted by molar-refractivity contribution is 5.77. The van der Waals surface area contributed by atoms with Crippen molar-refractivity contribution in [3.05, 3.63) is 74.4 Å².